The Hall–Kier alpha value is -3.39. The summed E-state index contributed by atoms with van der Waals surface area (Å²) in [5.41, 5.74) is -0.191. The van der Waals surface area contributed by atoms with Gasteiger partial charge < -0.3 is 25.0 Å². The summed E-state index contributed by atoms with van der Waals surface area (Å²) >= 11 is 0. The molecule has 1 saturated heterocycles. The number of amides is 1. The van der Waals surface area contributed by atoms with E-state index in [1.54, 1.807) is 24.3 Å². The van der Waals surface area contributed by atoms with Crippen LogP contribution in [-0.2, 0) is 9.53 Å². The Bertz CT molecular complexity index is 887. The molecular weight excluding hydrogens is 354 g/mol. The van der Waals surface area contributed by atoms with Crippen LogP contribution in [0.1, 0.15) is 33.6 Å². The van der Waals surface area contributed by atoms with Gasteiger partial charge in [-0.3, -0.25) is 4.79 Å². The van der Waals surface area contributed by atoms with Gasteiger partial charge in [-0.15, -0.1) is 0 Å². The average molecular weight is 371 g/mol. The number of hydrogen-bond acceptors (Lipinski definition) is 5. The minimum atomic E-state index is -1.37. The number of benzene rings is 2. The fourth-order valence-electron chi connectivity index (χ4n) is 2.73. The molecule has 2 aromatic carbocycles. The molecule has 0 bridgehead atoms. The van der Waals surface area contributed by atoms with Gasteiger partial charge in [0.25, 0.3) is 5.91 Å². The van der Waals surface area contributed by atoms with Gasteiger partial charge in [-0.1, -0.05) is 6.07 Å². The fourth-order valence-corrected chi connectivity index (χ4v) is 2.73. The van der Waals surface area contributed by atoms with Crippen LogP contribution in [0.15, 0.2) is 42.5 Å². The van der Waals surface area contributed by atoms with Gasteiger partial charge in [0.05, 0.1) is 11.1 Å². The lowest BCUT2D eigenvalue weighted by Crippen LogP contribution is -2.26. The first-order chi connectivity index (χ1) is 12.9. The lowest BCUT2D eigenvalue weighted by Gasteiger charge is -2.12. The third-order valence-corrected chi connectivity index (χ3v) is 4.01. The molecule has 1 aliphatic rings. The van der Waals surface area contributed by atoms with E-state index in [9.17, 15) is 19.5 Å². The maximum absolute atomic E-state index is 12.1. The van der Waals surface area contributed by atoms with Crippen LogP contribution in [0.3, 0.4) is 0 Å². The molecule has 0 aromatic heterocycles. The minimum absolute atomic E-state index is 0.167. The first-order valence-electron chi connectivity index (χ1n) is 8.25. The third-order valence-electron chi connectivity index (χ3n) is 4.01. The molecule has 1 heterocycles. The Morgan fingerprint density at radius 3 is 2.41 bits per heavy atom. The molecule has 3 rings (SSSR count). The number of hydrogen-bond donors (Lipinski definition) is 3. The van der Waals surface area contributed by atoms with Gasteiger partial charge in [-0.05, 0) is 43.2 Å². The predicted molar refractivity (Wildman–Crippen MR) is 94.5 cm³/mol. The van der Waals surface area contributed by atoms with Crippen molar-refractivity contribution in [2.24, 2.45) is 0 Å². The monoisotopic (exact) mass is 371 g/mol. The van der Waals surface area contributed by atoms with Crippen molar-refractivity contribution in [1.82, 2.24) is 0 Å². The minimum Gasteiger partial charge on any atom is -0.478 e. The number of carbonyl (C=O) groups is 3. The molecule has 27 heavy (non-hydrogen) atoms. The van der Waals surface area contributed by atoms with Crippen molar-refractivity contribution in [1.29, 1.82) is 0 Å². The van der Waals surface area contributed by atoms with E-state index >= 15 is 0 Å². The van der Waals surface area contributed by atoms with Crippen LogP contribution in [0.4, 0.5) is 5.69 Å². The third kappa shape index (κ3) is 4.42. The van der Waals surface area contributed by atoms with Crippen molar-refractivity contribution in [2.45, 2.75) is 18.9 Å². The van der Waals surface area contributed by atoms with Gasteiger partial charge in [0.2, 0.25) is 0 Å². The highest BCUT2D eigenvalue weighted by molar-refractivity contribution is 6.02. The van der Waals surface area contributed by atoms with E-state index < -0.39 is 18.0 Å². The highest BCUT2D eigenvalue weighted by atomic mass is 16.5. The number of anilines is 1. The molecule has 0 spiro atoms. The molecule has 140 valence electrons. The summed E-state index contributed by atoms with van der Waals surface area (Å²) in [5.74, 6) is -2.41. The Labute approximate surface area is 154 Å². The first-order valence-corrected chi connectivity index (χ1v) is 8.25. The highest BCUT2D eigenvalue weighted by Crippen LogP contribution is 2.27. The van der Waals surface area contributed by atoms with E-state index in [1.165, 1.54) is 12.1 Å². The van der Waals surface area contributed by atoms with Gasteiger partial charge in [0, 0.05) is 18.4 Å². The van der Waals surface area contributed by atoms with Gasteiger partial charge in [0.15, 0.2) is 0 Å². The van der Waals surface area contributed by atoms with Crippen molar-refractivity contribution in [3.05, 3.63) is 53.6 Å². The van der Waals surface area contributed by atoms with Crippen molar-refractivity contribution in [3.8, 4) is 11.5 Å². The molecule has 1 fully saturated rings. The highest BCUT2D eigenvalue weighted by Gasteiger charge is 2.23. The normalized spacial score (nSPS) is 15.9. The van der Waals surface area contributed by atoms with Crippen LogP contribution in [0, 0.1) is 0 Å². The molecule has 1 atom stereocenters. The largest absolute Gasteiger partial charge is 0.478 e. The Morgan fingerprint density at radius 1 is 1.00 bits per heavy atom. The van der Waals surface area contributed by atoms with E-state index in [2.05, 4.69) is 5.32 Å². The zero-order chi connectivity index (χ0) is 19.4. The molecule has 0 aliphatic carbocycles. The van der Waals surface area contributed by atoms with E-state index in [0.717, 1.165) is 12.5 Å². The topological polar surface area (TPSA) is 122 Å². The smallest absolute Gasteiger partial charge is 0.336 e. The maximum Gasteiger partial charge on any atom is 0.336 e. The molecule has 1 unspecified atom stereocenters. The summed E-state index contributed by atoms with van der Waals surface area (Å²) < 4.78 is 10.9. The zero-order valence-corrected chi connectivity index (χ0v) is 14.2. The van der Waals surface area contributed by atoms with Gasteiger partial charge >= 0.3 is 11.9 Å². The number of carbonyl (C=O) groups excluding carboxylic acids is 1. The van der Waals surface area contributed by atoms with E-state index in [-0.39, 0.29) is 22.8 Å². The molecule has 8 heteroatoms. The summed E-state index contributed by atoms with van der Waals surface area (Å²) in [6.45, 7) is 0.569. The summed E-state index contributed by atoms with van der Waals surface area (Å²) in [6.07, 6.45) is 1.06. The van der Waals surface area contributed by atoms with Crippen LogP contribution in [0.5, 0.6) is 11.5 Å². The second kappa shape index (κ2) is 7.88. The Morgan fingerprint density at radius 2 is 1.74 bits per heavy atom. The molecular formula is C19H17NO7. The molecule has 1 aliphatic heterocycles. The van der Waals surface area contributed by atoms with E-state index in [4.69, 9.17) is 14.6 Å². The van der Waals surface area contributed by atoms with Crippen molar-refractivity contribution >= 4 is 23.5 Å². The van der Waals surface area contributed by atoms with Crippen LogP contribution < -0.4 is 10.1 Å². The quantitative estimate of drug-likeness (QED) is 0.713. The molecule has 2 aromatic rings. The predicted octanol–water partition coefficient (Wildman–Crippen LogP) is 2.99. The Kier molecular flexibility index (Phi) is 5.37. The fraction of sp³-hybridized carbons (Fsp3) is 0.211. The van der Waals surface area contributed by atoms with Crippen molar-refractivity contribution < 1.29 is 34.1 Å². The van der Waals surface area contributed by atoms with Crippen LogP contribution >= 0.6 is 0 Å². The van der Waals surface area contributed by atoms with Crippen LogP contribution in [0.25, 0.3) is 0 Å². The number of carboxylic acids is 2. The summed E-state index contributed by atoms with van der Waals surface area (Å²) in [7, 11) is 0. The number of carboxylic acid groups (broad SMARTS) is 2. The van der Waals surface area contributed by atoms with Crippen LogP contribution in [0.2, 0.25) is 0 Å². The second-order valence-electron chi connectivity index (χ2n) is 5.94. The van der Waals surface area contributed by atoms with Crippen molar-refractivity contribution in [2.75, 3.05) is 11.9 Å². The van der Waals surface area contributed by atoms with E-state index in [0.29, 0.717) is 24.5 Å². The molecule has 3 N–H and O–H groups in total. The zero-order valence-electron chi connectivity index (χ0n) is 14.2. The molecule has 0 saturated carbocycles. The van der Waals surface area contributed by atoms with Gasteiger partial charge in [-0.25, -0.2) is 9.59 Å². The van der Waals surface area contributed by atoms with Crippen LogP contribution in [-0.4, -0.2) is 40.8 Å². The van der Waals surface area contributed by atoms with Crippen molar-refractivity contribution in [3.63, 3.8) is 0 Å². The molecule has 0 radical (unpaired) electrons. The van der Waals surface area contributed by atoms with Gasteiger partial charge in [-0.2, -0.15) is 0 Å². The first kappa shape index (κ1) is 18.4. The summed E-state index contributed by atoms with van der Waals surface area (Å²) in [5, 5.41) is 21.0. The maximum atomic E-state index is 12.1. The SMILES string of the molecule is O=C(O)c1ccc(Oc2cccc(NC(=O)C3CCCO3)c2)cc1C(=O)O. The lowest BCUT2D eigenvalue weighted by molar-refractivity contribution is -0.124. The number of nitrogens with one attached hydrogen (secondary N) is 1. The average Bonchev–Trinajstić information content (AvgIpc) is 3.16. The summed E-state index contributed by atoms with van der Waals surface area (Å²) in [4.78, 5) is 34.5. The van der Waals surface area contributed by atoms with Gasteiger partial charge in [0.1, 0.15) is 17.6 Å². The Balaban J connectivity index is 1.76. The standard InChI is InChI=1S/C19H17NO7/c21-17(16-5-2-8-26-16)20-11-3-1-4-12(9-11)27-13-6-7-14(18(22)23)15(10-13)19(24)25/h1,3-4,6-7,9-10,16H,2,5,8H2,(H,20,21)(H,22,23)(H,24,25). The molecule has 1 amide bonds. The second-order valence-corrected chi connectivity index (χ2v) is 5.94. The number of aromatic carboxylic acids is 2. The number of rotatable bonds is 6. The molecule has 8 nitrogen and oxygen atoms in total. The lowest BCUT2D eigenvalue weighted by atomic mass is 10.1. The van der Waals surface area contributed by atoms with E-state index in [1.807, 2.05) is 0 Å². The summed E-state index contributed by atoms with van der Waals surface area (Å²) in [6, 6.07) is 10.3. The number of ether oxygens (including phenoxy) is 2.